The smallest absolute Gasteiger partial charge is 0.225 e. The molecule has 1 fully saturated rings. The summed E-state index contributed by atoms with van der Waals surface area (Å²) in [5, 5.41) is 11.2. The molecule has 0 unspecified atom stereocenters. The van der Waals surface area contributed by atoms with Gasteiger partial charge in [0.15, 0.2) is 0 Å². The number of nitrogens with zero attached hydrogens (tertiary/aromatic N) is 3. The van der Waals surface area contributed by atoms with Crippen LogP contribution in [0, 0.1) is 5.92 Å². The Morgan fingerprint density at radius 2 is 1.96 bits per heavy atom. The standard InChI is InChI=1S/C20H23N3O3/c24-19(13-21-25)18-7-4-8-20(22-18)26-15-17-9-11-23(12-10-17)14-16-5-2-1-3-6-16/h1-8,13,17,25H,9-12,14-15H2/b21-13+. The Morgan fingerprint density at radius 1 is 1.19 bits per heavy atom. The van der Waals surface area contributed by atoms with Crippen molar-refractivity contribution in [2.75, 3.05) is 19.7 Å². The van der Waals surface area contributed by atoms with E-state index in [2.05, 4.69) is 39.3 Å². The number of oxime groups is 1. The molecule has 0 saturated carbocycles. The van der Waals surface area contributed by atoms with Crippen molar-refractivity contribution < 1.29 is 14.7 Å². The van der Waals surface area contributed by atoms with E-state index in [4.69, 9.17) is 9.94 Å². The van der Waals surface area contributed by atoms with Crippen molar-refractivity contribution in [1.82, 2.24) is 9.88 Å². The Balaban J connectivity index is 1.45. The van der Waals surface area contributed by atoms with Crippen LogP contribution in [0.2, 0.25) is 0 Å². The van der Waals surface area contributed by atoms with Gasteiger partial charge in [-0.1, -0.05) is 41.6 Å². The molecule has 1 aliphatic heterocycles. The van der Waals surface area contributed by atoms with Crippen LogP contribution in [0.3, 0.4) is 0 Å². The van der Waals surface area contributed by atoms with E-state index in [1.807, 2.05) is 6.07 Å². The van der Waals surface area contributed by atoms with Crippen LogP contribution in [-0.2, 0) is 6.54 Å². The fourth-order valence-corrected chi connectivity index (χ4v) is 3.11. The third-order valence-corrected chi connectivity index (χ3v) is 4.57. The molecule has 0 aliphatic carbocycles. The number of hydrogen-bond acceptors (Lipinski definition) is 6. The molecule has 1 aromatic carbocycles. The molecule has 1 N–H and O–H groups in total. The highest BCUT2D eigenvalue weighted by atomic mass is 16.5. The van der Waals surface area contributed by atoms with E-state index in [1.54, 1.807) is 18.2 Å². The van der Waals surface area contributed by atoms with Crippen LogP contribution in [-0.4, -0.2) is 46.8 Å². The van der Waals surface area contributed by atoms with E-state index in [9.17, 15) is 4.79 Å². The Bertz CT molecular complexity index is 741. The summed E-state index contributed by atoms with van der Waals surface area (Å²) in [4.78, 5) is 18.3. The first-order chi connectivity index (χ1) is 12.7. The summed E-state index contributed by atoms with van der Waals surface area (Å²) in [5.41, 5.74) is 1.55. The number of aromatic nitrogens is 1. The van der Waals surface area contributed by atoms with E-state index >= 15 is 0 Å². The monoisotopic (exact) mass is 353 g/mol. The lowest BCUT2D eigenvalue weighted by molar-refractivity contribution is 0.106. The summed E-state index contributed by atoms with van der Waals surface area (Å²) in [5.74, 6) is 0.461. The number of Topliss-reactive ketones (excluding diaryl/α,β-unsaturated/α-hetero) is 1. The van der Waals surface area contributed by atoms with Crippen molar-refractivity contribution >= 4 is 12.0 Å². The molecule has 2 heterocycles. The molecule has 0 amide bonds. The first-order valence-corrected chi connectivity index (χ1v) is 8.82. The fraction of sp³-hybridized carbons (Fsp3) is 0.350. The second kappa shape index (κ2) is 9.10. The molecule has 6 nitrogen and oxygen atoms in total. The zero-order valence-corrected chi connectivity index (χ0v) is 14.6. The lowest BCUT2D eigenvalue weighted by atomic mass is 9.97. The van der Waals surface area contributed by atoms with Crippen molar-refractivity contribution in [3.8, 4) is 5.88 Å². The van der Waals surface area contributed by atoms with Gasteiger partial charge in [-0.25, -0.2) is 4.98 Å². The molecular weight excluding hydrogens is 330 g/mol. The highest BCUT2D eigenvalue weighted by molar-refractivity contribution is 6.34. The van der Waals surface area contributed by atoms with E-state index in [0.29, 0.717) is 18.4 Å². The zero-order chi connectivity index (χ0) is 18.2. The molecule has 3 rings (SSSR count). The molecule has 1 aliphatic rings. The quantitative estimate of drug-likeness (QED) is 0.358. The topological polar surface area (TPSA) is 75.0 Å². The van der Waals surface area contributed by atoms with Crippen molar-refractivity contribution in [1.29, 1.82) is 0 Å². The molecule has 0 atom stereocenters. The maximum Gasteiger partial charge on any atom is 0.225 e. The SMILES string of the molecule is O=C(/C=N/O)c1cccc(OCC2CCN(Cc3ccccc3)CC2)n1. The minimum atomic E-state index is -0.452. The Morgan fingerprint density at radius 3 is 2.69 bits per heavy atom. The largest absolute Gasteiger partial charge is 0.477 e. The molecule has 6 heteroatoms. The van der Waals surface area contributed by atoms with Gasteiger partial charge < -0.3 is 9.94 Å². The first kappa shape index (κ1) is 18.1. The fourth-order valence-electron chi connectivity index (χ4n) is 3.11. The minimum absolute atomic E-state index is 0.206. The Hall–Kier alpha value is -2.73. The van der Waals surface area contributed by atoms with Gasteiger partial charge in [0.25, 0.3) is 0 Å². The number of ketones is 1. The number of benzene rings is 1. The van der Waals surface area contributed by atoms with Crippen LogP contribution in [0.4, 0.5) is 0 Å². The number of ether oxygens (including phenoxy) is 1. The average Bonchev–Trinajstić information content (AvgIpc) is 2.69. The molecule has 1 aromatic heterocycles. The minimum Gasteiger partial charge on any atom is -0.477 e. The lowest BCUT2D eigenvalue weighted by Gasteiger charge is -2.31. The molecule has 136 valence electrons. The van der Waals surface area contributed by atoms with Gasteiger partial charge in [0.1, 0.15) is 11.9 Å². The number of piperidine rings is 1. The summed E-state index contributed by atoms with van der Waals surface area (Å²) in [6.45, 7) is 3.70. The van der Waals surface area contributed by atoms with Gasteiger partial charge in [-0.05, 0) is 43.5 Å². The van der Waals surface area contributed by atoms with E-state index in [0.717, 1.165) is 38.7 Å². The number of rotatable bonds is 7. The van der Waals surface area contributed by atoms with Crippen LogP contribution in [0.25, 0.3) is 0 Å². The summed E-state index contributed by atoms with van der Waals surface area (Å²) in [6, 6.07) is 15.5. The number of carbonyl (C=O) groups is 1. The number of carbonyl (C=O) groups excluding carboxylic acids is 1. The third-order valence-electron chi connectivity index (χ3n) is 4.57. The van der Waals surface area contributed by atoms with Crippen LogP contribution in [0.5, 0.6) is 5.88 Å². The summed E-state index contributed by atoms with van der Waals surface area (Å²) >= 11 is 0. The van der Waals surface area contributed by atoms with E-state index in [1.165, 1.54) is 5.56 Å². The van der Waals surface area contributed by atoms with Crippen molar-refractivity contribution in [2.45, 2.75) is 19.4 Å². The third kappa shape index (κ3) is 5.13. The van der Waals surface area contributed by atoms with Crippen LogP contribution >= 0.6 is 0 Å². The molecule has 2 aromatic rings. The second-order valence-corrected chi connectivity index (χ2v) is 6.49. The molecule has 26 heavy (non-hydrogen) atoms. The summed E-state index contributed by atoms with van der Waals surface area (Å²) in [6.07, 6.45) is 3.00. The number of likely N-dealkylation sites (tertiary alicyclic amines) is 1. The van der Waals surface area contributed by atoms with Gasteiger partial charge in [-0.3, -0.25) is 9.69 Å². The van der Waals surface area contributed by atoms with Gasteiger partial charge in [0.05, 0.1) is 6.61 Å². The van der Waals surface area contributed by atoms with E-state index < -0.39 is 5.78 Å². The first-order valence-electron chi connectivity index (χ1n) is 8.82. The molecular formula is C20H23N3O3. The molecule has 0 radical (unpaired) electrons. The van der Waals surface area contributed by atoms with Gasteiger partial charge in [-0.2, -0.15) is 0 Å². The Kier molecular flexibility index (Phi) is 6.33. The predicted molar refractivity (Wildman–Crippen MR) is 98.8 cm³/mol. The highest BCUT2D eigenvalue weighted by Crippen LogP contribution is 2.20. The second-order valence-electron chi connectivity index (χ2n) is 6.49. The van der Waals surface area contributed by atoms with Crippen molar-refractivity contribution in [3.63, 3.8) is 0 Å². The predicted octanol–water partition coefficient (Wildman–Crippen LogP) is 3.02. The highest BCUT2D eigenvalue weighted by Gasteiger charge is 2.20. The van der Waals surface area contributed by atoms with E-state index in [-0.39, 0.29) is 5.69 Å². The van der Waals surface area contributed by atoms with Gasteiger partial charge in [0.2, 0.25) is 11.7 Å². The van der Waals surface area contributed by atoms with Gasteiger partial charge in [0, 0.05) is 12.6 Å². The Labute approximate surface area is 153 Å². The maximum absolute atomic E-state index is 11.7. The van der Waals surface area contributed by atoms with Crippen molar-refractivity contribution in [2.24, 2.45) is 11.1 Å². The van der Waals surface area contributed by atoms with Crippen LogP contribution in [0.1, 0.15) is 28.9 Å². The lowest BCUT2D eigenvalue weighted by Crippen LogP contribution is -2.35. The maximum atomic E-state index is 11.7. The summed E-state index contributed by atoms with van der Waals surface area (Å²) < 4.78 is 5.78. The number of pyridine rings is 1. The normalized spacial score (nSPS) is 16.0. The zero-order valence-electron chi connectivity index (χ0n) is 14.6. The molecule has 1 saturated heterocycles. The molecule has 0 bridgehead atoms. The van der Waals surface area contributed by atoms with Gasteiger partial charge in [-0.15, -0.1) is 0 Å². The average molecular weight is 353 g/mol. The molecule has 0 spiro atoms. The van der Waals surface area contributed by atoms with Crippen LogP contribution < -0.4 is 4.74 Å². The number of hydrogen-bond donors (Lipinski definition) is 1. The van der Waals surface area contributed by atoms with Gasteiger partial charge >= 0.3 is 0 Å². The summed E-state index contributed by atoms with van der Waals surface area (Å²) in [7, 11) is 0. The van der Waals surface area contributed by atoms with Crippen molar-refractivity contribution in [3.05, 3.63) is 59.8 Å². The van der Waals surface area contributed by atoms with Crippen LogP contribution in [0.15, 0.2) is 53.7 Å².